The van der Waals surface area contributed by atoms with Crippen molar-refractivity contribution < 1.29 is 19.2 Å². The van der Waals surface area contributed by atoms with Gasteiger partial charge in [-0.3, -0.25) is 19.7 Å². The number of rotatable bonds is 6. The molecule has 0 unspecified atom stereocenters. The third-order valence-electron chi connectivity index (χ3n) is 4.77. The summed E-state index contributed by atoms with van der Waals surface area (Å²) in [5.41, 5.74) is 1.02. The molecule has 1 aliphatic heterocycles. The standard InChI is InChI=1S/C22H23N3O5/c1-4-11-24-18-13-16(7-10-19(18)30-14-22(2,3)21(24)27)23-20(26)12-15-5-8-17(9-6-15)25(28)29/h4-10,13H,1,11-12,14H2,2-3H3,(H,23,26). The van der Waals surface area contributed by atoms with E-state index in [0.717, 1.165) is 0 Å². The van der Waals surface area contributed by atoms with Gasteiger partial charge < -0.3 is 15.0 Å². The van der Waals surface area contributed by atoms with Gasteiger partial charge in [-0.05, 0) is 37.6 Å². The third-order valence-corrected chi connectivity index (χ3v) is 4.77. The summed E-state index contributed by atoms with van der Waals surface area (Å²) in [7, 11) is 0. The van der Waals surface area contributed by atoms with Gasteiger partial charge in [0.1, 0.15) is 12.4 Å². The summed E-state index contributed by atoms with van der Waals surface area (Å²) >= 11 is 0. The molecule has 2 amide bonds. The number of amides is 2. The minimum Gasteiger partial charge on any atom is -0.490 e. The smallest absolute Gasteiger partial charge is 0.269 e. The van der Waals surface area contributed by atoms with Gasteiger partial charge in [0.05, 0.1) is 22.4 Å². The Morgan fingerprint density at radius 1 is 1.30 bits per heavy atom. The SMILES string of the molecule is C=CCN1C(=O)C(C)(C)COc2ccc(NC(=O)Cc3ccc([N+](=O)[O-])cc3)cc21. The zero-order valence-electron chi connectivity index (χ0n) is 16.9. The molecule has 0 radical (unpaired) electrons. The van der Waals surface area contributed by atoms with Crippen molar-refractivity contribution in [1.29, 1.82) is 0 Å². The Balaban J connectivity index is 1.79. The van der Waals surface area contributed by atoms with Crippen LogP contribution in [-0.4, -0.2) is 29.9 Å². The van der Waals surface area contributed by atoms with E-state index in [9.17, 15) is 19.7 Å². The minimum atomic E-state index is -0.693. The van der Waals surface area contributed by atoms with Crippen molar-refractivity contribution in [3.8, 4) is 5.75 Å². The number of carbonyl (C=O) groups excluding carboxylic acids is 2. The van der Waals surface area contributed by atoms with Gasteiger partial charge in [-0.2, -0.15) is 0 Å². The van der Waals surface area contributed by atoms with Crippen LogP contribution in [0, 0.1) is 15.5 Å². The molecule has 0 saturated carbocycles. The topological polar surface area (TPSA) is 102 Å². The molecule has 2 aromatic rings. The fourth-order valence-electron chi connectivity index (χ4n) is 3.16. The molecule has 1 heterocycles. The number of non-ortho nitro benzene ring substituents is 1. The van der Waals surface area contributed by atoms with E-state index in [1.165, 1.54) is 12.1 Å². The van der Waals surface area contributed by atoms with Crippen LogP contribution in [0.2, 0.25) is 0 Å². The van der Waals surface area contributed by atoms with E-state index >= 15 is 0 Å². The molecule has 0 saturated heterocycles. The number of hydrogen-bond donors (Lipinski definition) is 1. The van der Waals surface area contributed by atoms with E-state index in [1.807, 2.05) is 13.8 Å². The Kier molecular flexibility index (Phi) is 5.86. The van der Waals surface area contributed by atoms with Crippen LogP contribution < -0.4 is 15.0 Å². The Bertz CT molecular complexity index is 998. The normalized spacial score (nSPS) is 14.9. The summed E-state index contributed by atoms with van der Waals surface area (Å²) in [4.78, 5) is 37.2. The highest BCUT2D eigenvalue weighted by Crippen LogP contribution is 2.38. The van der Waals surface area contributed by atoms with Crippen molar-refractivity contribution >= 4 is 28.9 Å². The van der Waals surface area contributed by atoms with E-state index in [-0.39, 0.29) is 30.5 Å². The zero-order chi connectivity index (χ0) is 21.9. The van der Waals surface area contributed by atoms with E-state index < -0.39 is 10.3 Å². The predicted molar refractivity (Wildman–Crippen MR) is 114 cm³/mol. The quantitative estimate of drug-likeness (QED) is 0.445. The number of anilines is 2. The van der Waals surface area contributed by atoms with Crippen molar-refractivity contribution in [2.75, 3.05) is 23.4 Å². The lowest BCUT2D eigenvalue weighted by Gasteiger charge is -2.27. The number of nitro benzene ring substituents is 1. The number of carbonyl (C=O) groups is 2. The zero-order valence-corrected chi connectivity index (χ0v) is 16.9. The molecule has 3 rings (SSSR count). The van der Waals surface area contributed by atoms with Crippen LogP contribution in [-0.2, 0) is 16.0 Å². The molecule has 0 atom stereocenters. The molecule has 30 heavy (non-hydrogen) atoms. The molecule has 1 aliphatic rings. The highest BCUT2D eigenvalue weighted by Gasteiger charge is 2.37. The molecule has 0 spiro atoms. The first-order valence-corrected chi connectivity index (χ1v) is 9.44. The first-order chi connectivity index (χ1) is 14.2. The second-order valence-corrected chi connectivity index (χ2v) is 7.71. The number of hydrogen-bond acceptors (Lipinski definition) is 5. The van der Waals surface area contributed by atoms with Crippen LogP contribution in [0.3, 0.4) is 0 Å². The molecule has 8 nitrogen and oxygen atoms in total. The van der Waals surface area contributed by atoms with Gasteiger partial charge in [0.25, 0.3) is 5.69 Å². The van der Waals surface area contributed by atoms with Gasteiger partial charge in [-0.25, -0.2) is 0 Å². The summed E-state index contributed by atoms with van der Waals surface area (Å²) in [6, 6.07) is 11.0. The Labute approximate surface area is 174 Å². The summed E-state index contributed by atoms with van der Waals surface area (Å²) in [5, 5.41) is 13.5. The van der Waals surface area contributed by atoms with E-state index in [4.69, 9.17) is 4.74 Å². The second-order valence-electron chi connectivity index (χ2n) is 7.71. The van der Waals surface area contributed by atoms with E-state index in [1.54, 1.807) is 41.3 Å². The van der Waals surface area contributed by atoms with Crippen LogP contribution in [0.15, 0.2) is 55.1 Å². The van der Waals surface area contributed by atoms with Crippen molar-refractivity contribution in [3.63, 3.8) is 0 Å². The van der Waals surface area contributed by atoms with Gasteiger partial charge in [0.15, 0.2) is 0 Å². The molecule has 8 heteroatoms. The minimum absolute atomic E-state index is 0.0280. The lowest BCUT2D eigenvalue weighted by molar-refractivity contribution is -0.384. The van der Waals surface area contributed by atoms with Crippen molar-refractivity contribution in [3.05, 3.63) is 70.8 Å². The maximum atomic E-state index is 12.9. The molecule has 156 valence electrons. The molecule has 0 fully saturated rings. The molecule has 0 aliphatic carbocycles. The summed E-state index contributed by atoms with van der Waals surface area (Å²) in [5.74, 6) is 0.194. The van der Waals surface area contributed by atoms with Gasteiger partial charge in [0, 0.05) is 24.4 Å². The number of fused-ring (bicyclic) bond motifs is 1. The Hall–Kier alpha value is -3.68. The van der Waals surface area contributed by atoms with Crippen LogP contribution in [0.4, 0.5) is 17.1 Å². The number of ether oxygens (including phenoxy) is 1. The third kappa shape index (κ3) is 4.48. The van der Waals surface area contributed by atoms with Crippen LogP contribution in [0.1, 0.15) is 19.4 Å². The number of nitro groups is 1. The Morgan fingerprint density at radius 3 is 2.63 bits per heavy atom. The second kappa shape index (κ2) is 8.36. The number of nitrogens with zero attached hydrogens (tertiary/aromatic N) is 2. The average molecular weight is 409 g/mol. The van der Waals surface area contributed by atoms with Crippen molar-refractivity contribution in [2.45, 2.75) is 20.3 Å². The lowest BCUT2D eigenvalue weighted by atomic mass is 9.93. The van der Waals surface area contributed by atoms with Crippen molar-refractivity contribution in [2.24, 2.45) is 5.41 Å². The highest BCUT2D eigenvalue weighted by atomic mass is 16.6. The van der Waals surface area contributed by atoms with E-state index in [0.29, 0.717) is 29.2 Å². The van der Waals surface area contributed by atoms with Crippen LogP contribution in [0.5, 0.6) is 5.75 Å². The van der Waals surface area contributed by atoms with Crippen LogP contribution >= 0.6 is 0 Å². The highest BCUT2D eigenvalue weighted by molar-refractivity contribution is 6.01. The van der Waals surface area contributed by atoms with Gasteiger partial charge in [-0.1, -0.05) is 18.2 Å². The van der Waals surface area contributed by atoms with E-state index in [2.05, 4.69) is 11.9 Å². The van der Waals surface area contributed by atoms with Crippen molar-refractivity contribution in [1.82, 2.24) is 0 Å². The Morgan fingerprint density at radius 2 is 2.00 bits per heavy atom. The molecular formula is C22H23N3O5. The van der Waals surface area contributed by atoms with Gasteiger partial charge >= 0.3 is 0 Å². The average Bonchev–Trinajstić information content (AvgIpc) is 2.79. The maximum Gasteiger partial charge on any atom is 0.269 e. The molecule has 1 N–H and O–H groups in total. The lowest BCUT2D eigenvalue weighted by Crippen LogP contribution is -2.42. The molecule has 0 aromatic heterocycles. The first kappa shape index (κ1) is 21.0. The molecular weight excluding hydrogens is 386 g/mol. The number of benzene rings is 2. The van der Waals surface area contributed by atoms with Gasteiger partial charge in [-0.15, -0.1) is 6.58 Å². The fourth-order valence-corrected chi connectivity index (χ4v) is 3.16. The maximum absolute atomic E-state index is 12.9. The fraction of sp³-hybridized carbons (Fsp3) is 0.273. The van der Waals surface area contributed by atoms with Crippen LogP contribution in [0.25, 0.3) is 0 Å². The number of nitrogens with one attached hydrogen (secondary N) is 1. The predicted octanol–water partition coefficient (Wildman–Crippen LogP) is 3.71. The van der Waals surface area contributed by atoms with Gasteiger partial charge in [0.2, 0.25) is 11.8 Å². The monoisotopic (exact) mass is 409 g/mol. The summed E-state index contributed by atoms with van der Waals surface area (Å²) in [6.07, 6.45) is 1.71. The largest absolute Gasteiger partial charge is 0.490 e. The summed E-state index contributed by atoms with van der Waals surface area (Å²) < 4.78 is 5.83. The molecule has 2 aromatic carbocycles. The summed E-state index contributed by atoms with van der Waals surface area (Å²) in [6.45, 7) is 7.94. The first-order valence-electron chi connectivity index (χ1n) is 9.44. The molecule has 0 bridgehead atoms.